The number of benzene rings is 1. The fraction of sp³-hybridized carbons (Fsp3) is 0.391. The summed E-state index contributed by atoms with van der Waals surface area (Å²) in [7, 11) is 0. The van der Waals surface area contributed by atoms with Crippen LogP contribution in [0.3, 0.4) is 0 Å². The van der Waals surface area contributed by atoms with E-state index in [1.807, 2.05) is 38.1 Å². The topological polar surface area (TPSA) is 94.1 Å². The van der Waals surface area contributed by atoms with Gasteiger partial charge >= 0.3 is 0 Å². The van der Waals surface area contributed by atoms with Gasteiger partial charge in [0.1, 0.15) is 10.5 Å². The maximum Gasteiger partial charge on any atom is 0.287 e. The summed E-state index contributed by atoms with van der Waals surface area (Å²) in [6, 6.07) is 7.72. The van der Waals surface area contributed by atoms with Gasteiger partial charge in [0.15, 0.2) is 5.76 Å². The molecular formula is C23H24N4O3S. The summed E-state index contributed by atoms with van der Waals surface area (Å²) >= 11 is 1.52. The minimum absolute atomic E-state index is 0.155. The fourth-order valence-corrected chi connectivity index (χ4v) is 4.93. The summed E-state index contributed by atoms with van der Waals surface area (Å²) in [5.74, 6) is 2.20. The van der Waals surface area contributed by atoms with Crippen LogP contribution in [0.15, 0.2) is 38.6 Å². The number of nitrogens with zero attached hydrogens (tertiary/aromatic N) is 3. The molecule has 1 aromatic carbocycles. The molecule has 7 nitrogen and oxygen atoms in total. The third-order valence-electron chi connectivity index (χ3n) is 6.02. The Morgan fingerprint density at radius 3 is 2.74 bits per heavy atom. The van der Waals surface area contributed by atoms with Gasteiger partial charge in [0.2, 0.25) is 5.89 Å². The highest BCUT2D eigenvalue weighted by atomic mass is 32.1. The molecular weight excluding hydrogens is 412 g/mol. The van der Waals surface area contributed by atoms with E-state index in [2.05, 4.69) is 20.5 Å². The van der Waals surface area contributed by atoms with Gasteiger partial charge in [0, 0.05) is 17.8 Å². The quantitative estimate of drug-likeness (QED) is 0.459. The molecule has 31 heavy (non-hydrogen) atoms. The Kier molecular flexibility index (Phi) is 5.31. The molecule has 0 atom stereocenters. The fourth-order valence-electron chi connectivity index (χ4n) is 4.21. The molecule has 1 fully saturated rings. The van der Waals surface area contributed by atoms with Crippen molar-refractivity contribution in [3.63, 3.8) is 0 Å². The number of fused-ring (bicyclic) bond motifs is 1. The Morgan fingerprint density at radius 1 is 1.13 bits per heavy atom. The molecule has 0 bridgehead atoms. The van der Waals surface area contributed by atoms with Gasteiger partial charge in [-0.15, -0.1) is 21.5 Å². The van der Waals surface area contributed by atoms with Crippen LogP contribution in [0.25, 0.3) is 21.7 Å². The van der Waals surface area contributed by atoms with E-state index in [9.17, 15) is 4.79 Å². The molecule has 8 heteroatoms. The van der Waals surface area contributed by atoms with E-state index in [0.717, 1.165) is 52.8 Å². The van der Waals surface area contributed by atoms with Crippen molar-refractivity contribution >= 4 is 28.2 Å². The zero-order valence-electron chi connectivity index (χ0n) is 17.6. The van der Waals surface area contributed by atoms with Crippen molar-refractivity contribution < 1.29 is 13.6 Å². The number of hydrogen-bond acceptors (Lipinski definition) is 7. The van der Waals surface area contributed by atoms with Crippen LogP contribution in [0.4, 0.5) is 0 Å². The maximum atomic E-state index is 12.5. The molecule has 0 radical (unpaired) electrons. The highest BCUT2D eigenvalue weighted by molar-refractivity contribution is 7.13. The van der Waals surface area contributed by atoms with Gasteiger partial charge in [0.05, 0.1) is 11.2 Å². The van der Waals surface area contributed by atoms with Gasteiger partial charge < -0.3 is 14.2 Å². The van der Waals surface area contributed by atoms with Crippen molar-refractivity contribution in [1.82, 2.24) is 20.5 Å². The maximum absolute atomic E-state index is 12.5. The summed E-state index contributed by atoms with van der Waals surface area (Å²) in [6.45, 7) is 4.62. The molecule has 3 heterocycles. The first kappa shape index (κ1) is 19.9. The van der Waals surface area contributed by atoms with Crippen molar-refractivity contribution in [3.8, 4) is 10.8 Å². The van der Waals surface area contributed by atoms with Gasteiger partial charge in [-0.1, -0.05) is 11.6 Å². The number of nitrogens with one attached hydrogen (secondary N) is 1. The van der Waals surface area contributed by atoms with E-state index in [4.69, 9.17) is 8.83 Å². The summed E-state index contributed by atoms with van der Waals surface area (Å²) in [6.07, 6.45) is 3.99. The number of aromatic nitrogens is 3. The monoisotopic (exact) mass is 436 g/mol. The van der Waals surface area contributed by atoms with Crippen molar-refractivity contribution in [1.29, 1.82) is 0 Å². The lowest BCUT2D eigenvalue weighted by Gasteiger charge is -2.26. The molecule has 3 aromatic heterocycles. The number of hydrogen-bond donors (Lipinski definition) is 1. The summed E-state index contributed by atoms with van der Waals surface area (Å²) in [4.78, 5) is 17.7. The molecule has 0 spiro atoms. The van der Waals surface area contributed by atoms with E-state index in [0.29, 0.717) is 30.0 Å². The van der Waals surface area contributed by atoms with Crippen molar-refractivity contribution in [2.45, 2.75) is 45.4 Å². The lowest BCUT2D eigenvalue weighted by Crippen LogP contribution is -2.30. The average molecular weight is 437 g/mol. The van der Waals surface area contributed by atoms with Crippen LogP contribution < -0.4 is 5.32 Å². The van der Waals surface area contributed by atoms with E-state index in [-0.39, 0.29) is 11.8 Å². The molecule has 1 aliphatic rings. The van der Waals surface area contributed by atoms with Crippen LogP contribution in [0.1, 0.15) is 59.3 Å². The van der Waals surface area contributed by atoms with Gasteiger partial charge in [-0.3, -0.25) is 4.79 Å². The van der Waals surface area contributed by atoms with Crippen LogP contribution >= 0.6 is 11.3 Å². The molecule has 1 amide bonds. The van der Waals surface area contributed by atoms with Crippen molar-refractivity contribution in [2.24, 2.45) is 5.92 Å². The largest absolute Gasteiger partial charge is 0.451 e. The second-order valence-corrected chi connectivity index (χ2v) is 9.15. The second kappa shape index (κ2) is 8.26. The Labute approximate surface area is 183 Å². The predicted octanol–water partition coefficient (Wildman–Crippen LogP) is 5.26. The van der Waals surface area contributed by atoms with Crippen molar-refractivity contribution in [2.75, 3.05) is 6.54 Å². The highest BCUT2D eigenvalue weighted by Gasteiger charge is 2.27. The molecule has 1 N–H and O–H groups in total. The Balaban J connectivity index is 1.14. The summed E-state index contributed by atoms with van der Waals surface area (Å²) in [5.41, 5.74) is 4.59. The predicted molar refractivity (Wildman–Crippen MR) is 118 cm³/mol. The summed E-state index contributed by atoms with van der Waals surface area (Å²) < 4.78 is 11.6. The third-order valence-corrected chi connectivity index (χ3v) is 6.94. The number of furan rings is 1. The van der Waals surface area contributed by atoms with Crippen LogP contribution in [0, 0.1) is 19.8 Å². The third kappa shape index (κ3) is 4.12. The molecule has 1 aliphatic carbocycles. The number of rotatable bonds is 5. The molecule has 4 aromatic rings. The Hall–Kier alpha value is -3.00. The average Bonchev–Trinajstić information content (AvgIpc) is 3.51. The van der Waals surface area contributed by atoms with E-state index in [1.54, 1.807) is 5.51 Å². The molecule has 0 saturated heterocycles. The lowest BCUT2D eigenvalue weighted by atomic mass is 9.82. The van der Waals surface area contributed by atoms with Crippen LogP contribution in [0.2, 0.25) is 0 Å². The van der Waals surface area contributed by atoms with E-state index >= 15 is 0 Å². The van der Waals surface area contributed by atoms with Gasteiger partial charge in [0.25, 0.3) is 11.8 Å². The molecule has 1 saturated carbocycles. The van der Waals surface area contributed by atoms with Crippen LogP contribution in [-0.4, -0.2) is 27.6 Å². The van der Waals surface area contributed by atoms with Crippen molar-refractivity contribution in [3.05, 3.63) is 52.7 Å². The van der Waals surface area contributed by atoms with Crippen LogP contribution in [0.5, 0.6) is 0 Å². The molecule has 160 valence electrons. The van der Waals surface area contributed by atoms with Gasteiger partial charge in [-0.25, -0.2) is 4.98 Å². The molecule has 5 rings (SSSR count). The first-order valence-electron chi connectivity index (χ1n) is 10.6. The number of carbonyl (C=O) groups is 1. The number of thiazole rings is 1. The normalized spacial score (nSPS) is 19.0. The first-order chi connectivity index (χ1) is 15.1. The van der Waals surface area contributed by atoms with Gasteiger partial charge in [-0.05, 0) is 63.6 Å². The van der Waals surface area contributed by atoms with E-state index in [1.165, 1.54) is 11.3 Å². The van der Waals surface area contributed by atoms with Gasteiger partial charge in [-0.2, -0.15) is 0 Å². The number of aryl methyl sites for hydroxylation is 2. The Bertz CT molecular complexity index is 1220. The zero-order valence-corrected chi connectivity index (χ0v) is 18.4. The smallest absolute Gasteiger partial charge is 0.287 e. The SMILES string of the molecule is Cc1ccc2oc(C(=O)NCC3CCC(c4nnc(-c5scnc5C)o4)CC3)cc2c1. The standard InChI is InChI=1S/C23H24N4O3S/c1-13-3-8-18-17(9-13)10-19(29-18)21(28)24-11-15-4-6-16(7-5-15)22-26-27-23(30-22)20-14(2)25-12-31-20/h3,8-10,12,15-16H,4-7,11H2,1-2H3,(H,24,28). The number of amides is 1. The van der Waals surface area contributed by atoms with E-state index < -0.39 is 0 Å². The molecule has 0 aliphatic heterocycles. The minimum atomic E-state index is -0.155. The first-order valence-corrected chi connectivity index (χ1v) is 11.5. The molecule has 0 unspecified atom stereocenters. The zero-order chi connectivity index (χ0) is 21.4. The minimum Gasteiger partial charge on any atom is -0.451 e. The van der Waals surface area contributed by atoms with Crippen LogP contribution in [-0.2, 0) is 0 Å². The number of carbonyl (C=O) groups excluding carboxylic acids is 1. The second-order valence-electron chi connectivity index (χ2n) is 8.29. The lowest BCUT2D eigenvalue weighted by molar-refractivity contribution is 0.0916. The highest BCUT2D eigenvalue weighted by Crippen LogP contribution is 2.36. The summed E-state index contributed by atoms with van der Waals surface area (Å²) in [5, 5.41) is 12.5. The Morgan fingerprint density at radius 2 is 1.97 bits per heavy atom.